The van der Waals surface area contributed by atoms with Crippen LogP contribution in [0, 0.1) is 5.82 Å². The smallest absolute Gasteiger partial charge is 0.421 e. The van der Waals surface area contributed by atoms with Crippen LogP contribution in [0.25, 0.3) is 10.9 Å². The average Bonchev–Trinajstić information content (AvgIpc) is 2.91. The van der Waals surface area contributed by atoms with Gasteiger partial charge in [0.2, 0.25) is 0 Å². The molecule has 1 saturated heterocycles. The van der Waals surface area contributed by atoms with Crippen molar-refractivity contribution in [2.24, 2.45) is 0 Å². The third-order valence-electron chi connectivity index (χ3n) is 6.16. The normalized spacial score (nSPS) is 15.7. The Hall–Kier alpha value is -3.84. The molecule has 9 nitrogen and oxygen atoms in total. The number of rotatable bonds is 5. The average molecular weight is 602 g/mol. The number of nitrogens with zero attached hydrogens (tertiary/aromatic N) is 4. The lowest BCUT2D eigenvalue weighted by Crippen LogP contribution is -2.56. The van der Waals surface area contributed by atoms with Crippen molar-refractivity contribution in [2.45, 2.75) is 19.1 Å². The molecular weight excluding hydrogens is 581 g/mol. The molecule has 2 aromatic carbocycles. The molecule has 1 atom stereocenters. The summed E-state index contributed by atoms with van der Waals surface area (Å²) in [6.07, 6.45) is -4.44. The molecule has 0 saturated carbocycles. The number of alkyl halides is 3. The van der Waals surface area contributed by atoms with E-state index in [0.29, 0.717) is 10.9 Å². The molecule has 2 heterocycles. The largest absolute Gasteiger partial charge is 0.493 e. The third kappa shape index (κ3) is 5.85. The van der Waals surface area contributed by atoms with E-state index in [4.69, 9.17) is 32.7 Å². The number of aromatic nitrogens is 2. The summed E-state index contributed by atoms with van der Waals surface area (Å²) in [7, 11) is 1.35. The Kier molecular flexibility index (Phi) is 8.26. The fraction of sp³-hybridized carbons (Fsp3) is 0.280. The van der Waals surface area contributed by atoms with E-state index in [1.54, 1.807) is 6.92 Å². The second-order valence-electron chi connectivity index (χ2n) is 8.73. The lowest BCUT2D eigenvalue weighted by molar-refractivity contribution is -0.141. The van der Waals surface area contributed by atoms with Crippen LogP contribution in [0.15, 0.2) is 42.7 Å². The first-order valence-corrected chi connectivity index (χ1v) is 12.3. The Labute approximate surface area is 235 Å². The highest BCUT2D eigenvalue weighted by molar-refractivity contribution is 6.42. The highest BCUT2D eigenvalue weighted by Crippen LogP contribution is 2.37. The number of benzene rings is 2. The van der Waals surface area contributed by atoms with Gasteiger partial charge in [-0.15, -0.1) is 0 Å². The van der Waals surface area contributed by atoms with Crippen LogP contribution in [0.5, 0.6) is 11.5 Å². The van der Waals surface area contributed by atoms with Gasteiger partial charge in [0.15, 0.2) is 17.3 Å². The molecular formula is C25H21Cl2F4N5O4. The number of carbonyl (C=O) groups excluding carboxylic acids is 2. The van der Waals surface area contributed by atoms with Crippen LogP contribution in [0.1, 0.15) is 6.92 Å². The Balaban J connectivity index is 1.56. The molecule has 212 valence electrons. The summed E-state index contributed by atoms with van der Waals surface area (Å²) in [4.78, 5) is 35.8. The molecule has 0 radical (unpaired) electrons. The molecule has 2 amide bonds. The van der Waals surface area contributed by atoms with Gasteiger partial charge in [0.05, 0.1) is 28.4 Å². The van der Waals surface area contributed by atoms with Crippen LogP contribution in [-0.2, 0) is 4.79 Å². The van der Waals surface area contributed by atoms with Crippen molar-refractivity contribution in [3.05, 3.63) is 58.6 Å². The summed E-state index contributed by atoms with van der Waals surface area (Å²) in [5, 5.41) is 2.91. The van der Waals surface area contributed by atoms with Crippen LogP contribution >= 0.6 is 23.2 Å². The molecule has 1 aromatic heterocycles. The first kappa shape index (κ1) is 29.2. The number of hydrogen-bond acceptors (Lipinski definition) is 7. The van der Waals surface area contributed by atoms with Gasteiger partial charge in [-0.1, -0.05) is 29.8 Å². The molecule has 0 unspecified atom stereocenters. The van der Waals surface area contributed by atoms with Crippen LogP contribution in [-0.4, -0.2) is 70.7 Å². The molecule has 40 heavy (non-hydrogen) atoms. The van der Waals surface area contributed by atoms with Gasteiger partial charge in [0, 0.05) is 37.1 Å². The second kappa shape index (κ2) is 11.3. The standard InChI is InChI=1S/C25H21Cl2F4N5O4/c1-12-10-35(23(37)13(2)25(29,30)31)6-7-36(12)24(38)40-19-8-14-17(9-18(19)39-3)32-11-33-22(14)34-16-5-4-15(26)20(27)21(16)28/h4-5,8-9,11-12H,2,6-7,10H2,1,3H3,(H,32,33,34)/t12-/m1/s1. The number of ether oxygens (including phenoxy) is 2. The van der Waals surface area contributed by atoms with E-state index in [1.807, 2.05) is 0 Å². The van der Waals surface area contributed by atoms with E-state index in [-0.39, 0.29) is 52.7 Å². The maximum atomic E-state index is 14.6. The molecule has 3 aromatic rings. The molecule has 4 rings (SSSR count). The van der Waals surface area contributed by atoms with E-state index >= 15 is 0 Å². The molecule has 15 heteroatoms. The summed E-state index contributed by atoms with van der Waals surface area (Å²) < 4.78 is 64.3. The first-order valence-electron chi connectivity index (χ1n) is 11.6. The minimum atomic E-state index is -4.86. The number of piperazine rings is 1. The van der Waals surface area contributed by atoms with Gasteiger partial charge in [-0.25, -0.2) is 19.2 Å². The van der Waals surface area contributed by atoms with E-state index in [2.05, 4.69) is 21.9 Å². The first-order chi connectivity index (χ1) is 18.8. The van der Waals surface area contributed by atoms with E-state index in [0.717, 1.165) is 4.90 Å². The van der Waals surface area contributed by atoms with Gasteiger partial charge in [-0.3, -0.25) is 4.79 Å². The van der Waals surface area contributed by atoms with Gasteiger partial charge in [0.1, 0.15) is 17.7 Å². The molecule has 0 spiro atoms. The minimum Gasteiger partial charge on any atom is -0.493 e. The molecule has 1 N–H and O–H groups in total. The monoisotopic (exact) mass is 601 g/mol. The summed E-state index contributed by atoms with van der Waals surface area (Å²) in [6.45, 7) is 4.01. The van der Waals surface area contributed by atoms with Gasteiger partial charge in [0.25, 0.3) is 5.91 Å². The zero-order valence-electron chi connectivity index (χ0n) is 21.0. The van der Waals surface area contributed by atoms with Crippen molar-refractivity contribution in [2.75, 3.05) is 32.1 Å². The Bertz CT molecular complexity index is 1500. The van der Waals surface area contributed by atoms with Gasteiger partial charge >= 0.3 is 12.3 Å². The molecule has 1 fully saturated rings. The van der Waals surface area contributed by atoms with Crippen molar-refractivity contribution >= 4 is 57.6 Å². The lowest BCUT2D eigenvalue weighted by Gasteiger charge is -2.39. The zero-order chi connectivity index (χ0) is 29.4. The summed E-state index contributed by atoms with van der Waals surface area (Å²) in [5.74, 6) is -1.76. The number of methoxy groups -OCH3 is 1. The fourth-order valence-electron chi connectivity index (χ4n) is 4.03. The molecule has 0 aliphatic carbocycles. The van der Waals surface area contributed by atoms with Crippen LogP contribution in [0.4, 0.5) is 33.9 Å². The van der Waals surface area contributed by atoms with Crippen LogP contribution in [0.2, 0.25) is 10.0 Å². The van der Waals surface area contributed by atoms with Gasteiger partial charge in [-0.05, 0) is 25.1 Å². The second-order valence-corrected chi connectivity index (χ2v) is 9.51. The van der Waals surface area contributed by atoms with Crippen molar-refractivity contribution < 1.29 is 36.6 Å². The number of amides is 2. The Morgan fingerprint density at radius 3 is 2.52 bits per heavy atom. The zero-order valence-corrected chi connectivity index (χ0v) is 22.5. The van der Waals surface area contributed by atoms with Crippen LogP contribution < -0.4 is 14.8 Å². The van der Waals surface area contributed by atoms with Crippen molar-refractivity contribution in [1.82, 2.24) is 19.8 Å². The quantitative estimate of drug-likeness (QED) is 0.218. The number of nitrogens with one attached hydrogen (secondary N) is 1. The lowest BCUT2D eigenvalue weighted by atomic mass is 10.1. The number of carbonyl (C=O) groups is 2. The van der Waals surface area contributed by atoms with Crippen molar-refractivity contribution in [1.29, 1.82) is 0 Å². The minimum absolute atomic E-state index is 0.0155. The SMILES string of the molecule is C=C(C(=O)N1CCN(C(=O)Oc2cc3c(Nc4ccc(Cl)c(Cl)c4F)ncnc3cc2OC)[C@H](C)C1)C(F)(F)F. The van der Waals surface area contributed by atoms with Gasteiger partial charge < -0.3 is 24.6 Å². The number of fused-ring (bicyclic) bond motifs is 1. The van der Waals surface area contributed by atoms with Gasteiger partial charge in [-0.2, -0.15) is 13.2 Å². The third-order valence-corrected chi connectivity index (χ3v) is 6.94. The number of hydrogen-bond donors (Lipinski definition) is 1. The van der Waals surface area contributed by atoms with Crippen LogP contribution in [0.3, 0.4) is 0 Å². The predicted octanol–water partition coefficient (Wildman–Crippen LogP) is 5.98. The number of anilines is 2. The highest BCUT2D eigenvalue weighted by Gasteiger charge is 2.41. The molecule has 0 bridgehead atoms. The fourth-order valence-corrected chi connectivity index (χ4v) is 4.34. The highest BCUT2D eigenvalue weighted by atomic mass is 35.5. The summed E-state index contributed by atoms with van der Waals surface area (Å²) in [5.41, 5.74) is -1.12. The maximum Gasteiger partial charge on any atom is 0.421 e. The predicted molar refractivity (Wildman–Crippen MR) is 140 cm³/mol. The van der Waals surface area contributed by atoms with E-state index < -0.39 is 35.6 Å². The Morgan fingerprint density at radius 1 is 1.15 bits per heavy atom. The summed E-state index contributed by atoms with van der Waals surface area (Å²) >= 11 is 11.8. The number of halogens is 6. The van der Waals surface area contributed by atoms with E-state index in [9.17, 15) is 27.2 Å². The topological polar surface area (TPSA) is 96.9 Å². The van der Waals surface area contributed by atoms with Crippen molar-refractivity contribution in [3.8, 4) is 11.5 Å². The van der Waals surface area contributed by atoms with Crippen molar-refractivity contribution in [3.63, 3.8) is 0 Å². The summed E-state index contributed by atoms with van der Waals surface area (Å²) in [6, 6.07) is 5.01. The van der Waals surface area contributed by atoms with E-state index in [1.165, 1.54) is 42.6 Å². The Morgan fingerprint density at radius 2 is 1.88 bits per heavy atom. The molecule has 1 aliphatic rings. The molecule has 1 aliphatic heterocycles. The maximum absolute atomic E-state index is 14.6.